The molecule has 2 nitrogen and oxygen atoms in total. The van der Waals surface area contributed by atoms with Crippen molar-refractivity contribution < 1.29 is 10.2 Å². The average Bonchev–Trinajstić information content (AvgIpc) is 2.20. The summed E-state index contributed by atoms with van der Waals surface area (Å²) >= 11 is 3.40. The van der Waals surface area contributed by atoms with Crippen LogP contribution in [0.15, 0.2) is 34.8 Å². The van der Waals surface area contributed by atoms with Gasteiger partial charge in [0.15, 0.2) is 0 Å². The van der Waals surface area contributed by atoms with Crippen molar-refractivity contribution in [1.29, 1.82) is 0 Å². The molecule has 0 spiro atoms. The largest absolute Gasteiger partial charge is 0.507 e. The number of fused-ring (bicyclic) bond motifs is 1. The van der Waals surface area contributed by atoms with Gasteiger partial charge in [-0.15, -0.1) is 0 Å². The molecule has 0 radical (unpaired) electrons. The summed E-state index contributed by atoms with van der Waals surface area (Å²) < 4.78 is 0.940. The molecule has 0 unspecified atom stereocenters. The Labute approximate surface area is 89.9 Å². The van der Waals surface area contributed by atoms with Gasteiger partial charge < -0.3 is 10.2 Å². The lowest BCUT2D eigenvalue weighted by Gasteiger charge is -2.06. The lowest BCUT2D eigenvalue weighted by molar-refractivity contribution is 0.276. The fourth-order valence-corrected chi connectivity index (χ4v) is 1.97. The van der Waals surface area contributed by atoms with Crippen molar-refractivity contribution >= 4 is 26.7 Å². The smallest absolute Gasteiger partial charge is 0.128 e. The maximum atomic E-state index is 9.79. The molecule has 0 aliphatic heterocycles. The van der Waals surface area contributed by atoms with Crippen LogP contribution in [0.1, 0.15) is 5.56 Å². The lowest BCUT2D eigenvalue weighted by Crippen LogP contribution is -1.85. The SMILES string of the molecule is OCc1ccc2c(Br)cccc2c1O. The van der Waals surface area contributed by atoms with Gasteiger partial charge in [-0.1, -0.05) is 40.2 Å². The van der Waals surface area contributed by atoms with E-state index in [0.29, 0.717) is 5.56 Å². The topological polar surface area (TPSA) is 40.5 Å². The molecular weight excluding hydrogens is 244 g/mol. The van der Waals surface area contributed by atoms with E-state index in [1.807, 2.05) is 24.3 Å². The van der Waals surface area contributed by atoms with Gasteiger partial charge in [0.25, 0.3) is 0 Å². The first-order valence-electron chi connectivity index (χ1n) is 4.24. The number of halogens is 1. The normalized spacial score (nSPS) is 10.7. The highest BCUT2D eigenvalue weighted by Gasteiger charge is 2.06. The summed E-state index contributed by atoms with van der Waals surface area (Å²) in [4.78, 5) is 0. The minimum atomic E-state index is -0.145. The number of benzene rings is 2. The Morgan fingerprint density at radius 3 is 2.57 bits per heavy atom. The molecule has 2 aromatic rings. The maximum absolute atomic E-state index is 9.79. The molecule has 0 fully saturated rings. The van der Waals surface area contributed by atoms with Gasteiger partial charge in [-0.05, 0) is 11.5 Å². The average molecular weight is 253 g/mol. The van der Waals surface area contributed by atoms with E-state index in [1.165, 1.54) is 0 Å². The third kappa shape index (κ3) is 1.38. The van der Waals surface area contributed by atoms with E-state index >= 15 is 0 Å². The van der Waals surface area contributed by atoms with Crippen molar-refractivity contribution in [3.8, 4) is 5.75 Å². The Bertz CT molecular complexity index is 480. The van der Waals surface area contributed by atoms with Crippen molar-refractivity contribution in [1.82, 2.24) is 0 Å². The van der Waals surface area contributed by atoms with Crippen LogP contribution in [0.3, 0.4) is 0 Å². The predicted octanol–water partition coefficient (Wildman–Crippen LogP) is 2.80. The van der Waals surface area contributed by atoms with Crippen LogP contribution in [-0.2, 0) is 6.61 Å². The summed E-state index contributed by atoms with van der Waals surface area (Å²) in [6.07, 6.45) is 0. The first-order valence-corrected chi connectivity index (χ1v) is 5.03. The molecule has 72 valence electrons. The predicted molar refractivity (Wildman–Crippen MR) is 59.2 cm³/mol. The highest BCUT2D eigenvalue weighted by molar-refractivity contribution is 9.10. The van der Waals surface area contributed by atoms with Crippen molar-refractivity contribution in [2.24, 2.45) is 0 Å². The van der Waals surface area contributed by atoms with Gasteiger partial charge in [-0.3, -0.25) is 0 Å². The van der Waals surface area contributed by atoms with Crippen LogP contribution in [0.4, 0.5) is 0 Å². The number of rotatable bonds is 1. The van der Waals surface area contributed by atoms with E-state index in [0.717, 1.165) is 15.2 Å². The quantitative estimate of drug-likeness (QED) is 0.820. The molecule has 0 amide bonds. The third-order valence-electron chi connectivity index (χ3n) is 2.23. The van der Waals surface area contributed by atoms with Gasteiger partial charge in [-0.25, -0.2) is 0 Å². The van der Waals surface area contributed by atoms with Crippen LogP contribution in [-0.4, -0.2) is 10.2 Å². The minimum Gasteiger partial charge on any atom is -0.507 e. The number of aliphatic hydroxyl groups excluding tert-OH is 1. The monoisotopic (exact) mass is 252 g/mol. The summed E-state index contributed by atoms with van der Waals surface area (Å²) in [5, 5.41) is 20.5. The first-order chi connectivity index (χ1) is 6.74. The van der Waals surface area contributed by atoms with Crippen LogP contribution in [0.2, 0.25) is 0 Å². The highest BCUT2D eigenvalue weighted by atomic mass is 79.9. The van der Waals surface area contributed by atoms with Gasteiger partial charge in [0.1, 0.15) is 5.75 Å². The van der Waals surface area contributed by atoms with Crippen molar-refractivity contribution in [3.63, 3.8) is 0 Å². The zero-order valence-corrected chi connectivity index (χ0v) is 8.95. The fourth-order valence-electron chi connectivity index (χ4n) is 1.48. The standard InChI is InChI=1S/C11H9BrO2/c12-10-3-1-2-9-8(10)5-4-7(6-13)11(9)14/h1-5,13-14H,6H2. The van der Waals surface area contributed by atoms with Crippen LogP contribution in [0.5, 0.6) is 5.75 Å². The molecule has 0 bridgehead atoms. The molecule has 14 heavy (non-hydrogen) atoms. The Kier molecular flexibility index (Phi) is 2.44. The summed E-state index contributed by atoms with van der Waals surface area (Å²) in [5.74, 6) is 0.159. The molecule has 2 rings (SSSR count). The molecular formula is C11H9BrO2. The Balaban J connectivity index is 2.84. The Morgan fingerprint density at radius 1 is 1.07 bits per heavy atom. The molecule has 2 N–H and O–H groups in total. The van der Waals surface area contributed by atoms with E-state index in [2.05, 4.69) is 15.9 Å². The molecule has 0 saturated carbocycles. The zero-order valence-electron chi connectivity index (χ0n) is 7.37. The maximum Gasteiger partial charge on any atom is 0.128 e. The summed E-state index contributed by atoms with van der Waals surface area (Å²) in [5.41, 5.74) is 0.551. The summed E-state index contributed by atoms with van der Waals surface area (Å²) in [6, 6.07) is 9.20. The van der Waals surface area contributed by atoms with E-state index in [-0.39, 0.29) is 12.4 Å². The second-order valence-electron chi connectivity index (χ2n) is 3.07. The summed E-state index contributed by atoms with van der Waals surface area (Å²) in [7, 11) is 0. The van der Waals surface area contributed by atoms with Crippen LogP contribution >= 0.6 is 15.9 Å². The van der Waals surface area contributed by atoms with Crippen LogP contribution < -0.4 is 0 Å². The molecule has 0 heterocycles. The van der Waals surface area contributed by atoms with E-state index in [1.54, 1.807) is 6.07 Å². The summed E-state index contributed by atoms with van der Waals surface area (Å²) in [6.45, 7) is -0.145. The zero-order chi connectivity index (χ0) is 10.1. The van der Waals surface area contributed by atoms with Gasteiger partial charge in [-0.2, -0.15) is 0 Å². The number of aliphatic hydroxyl groups is 1. The Morgan fingerprint density at radius 2 is 1.86 bits per heavy atom. The highest BCUT2D eigenvalue weighted by Crippen LogP contribution is 2.32. The minimum absolute atomic E-state index is 0.145. The van der Waals surface area contributed by atoms with Crippen molar-refractivity contribution in [2.75, 3.05) is 0 Å². The molecule has 0 aliphatic carbocycles. The van der Waals surface area contributed by atoms with Gasteiger partial charge in [0, 0.05) is 15.4 Å². The number of aromatic hydroxyl groups is 1. The van der Waals surface area contributed by atoms with E-state index in [4.69, 9.17) is 5.11 Å². The van der Waals surface area contributed by atoms with E-state index in [9.17, 15) is 5.11 Å². The lowest BCUT2D eigenvalue weighted by atomic mass is 10.1. The molecule has 0 aliphatic rings. The van der Waals surface area contributed by atoms with Gasteiger partial charge >= 0.3 is 0 Å². The molecule has 2 aromatic carbocycles. The molecule has 0 atom stereocenters. The Hall–Kier alpha value is -1.06. The molecule has 0 saturated heterocycles. The molecule has 3 heteroatoms. The third-order valence-corrected chi connectivity index (χ3v) is 2.93. The van der Waals surface area contributed by atoms with Crippen molar-refractivity contribution in [2.45, 2.75) is 6.61 Å². The number of hydrogen-bond donors (Lipinski definition) is 2. The number of phenols is 1. The van der Waals surface area contributed by atoms with Crippen LogP contribution in [0, 0.1) is 0 Å². The second-order valence-corrected chi connectivity index (χ2v) is 3.92. The van der Waals surface area contributed by atoms with E-state index < -0.39 is 0 Å². The van der Waals surface area contributed by atoms with Crippen molar-refractivity contribution in [3.05, 3.63) is 40.4 Å². The molecule has 0 aromatic heterocycles. The first kappa shape index (κ1) is 9.49. The second kappa shape index (κ2) is 3.59. The van der Waals surface area contributed by atoms with Gasteiger partial charge in [0.05, 0.1) is 6.61 Å². The number of hydrogen-bond acceptors (Lipinski definition) is 2. The van der Waals surface area contributed by atoms with Gasteiger partial charge in [0.2, 0.25) is 0 Å². The fraction of sp³-hybridized carbons (Fsp3) is 0.0909. The van der Waals surface area contributed by atoms with Crippen LogP contribution in [0.25, 0.3) is 10.8 Å².